The van der Waals surface area contributed by atoms with Crippen molar-refractivity contribution in [2.24, 2.45) is 7.05 Å². The fourth-order valence-electron chi connectivity index (χ4n) is 4.57. The summed E-state index contributed by atoms with van der Waals surface area (Å²) in [6, 6.07) is 5.03. The fraction of sp³-hybridized carbons (Fsp3) is 0.269. The monoisotopic (exact) mass is 523 g/mol. The van der Waals surface area contributed by atoms with Crippen molar-refractivity contribution in [3.05, 3.63) is 70.7 Å². The molecule has 0 fully saturated rings. The molecule has 1 atom stereocenters. The maximum atomic E-state index is 13.6. The van der Waals surface area contributed by atoms with Crippen LogP contribution >= 0.6 is 0 Å². The van der Waals surface area contributed by atoms with Crippen molar-refractivity contribution in [1.29, 1.82) is 0 Å². The Balaban J connectivity index is 1.60. The number of rotatable bonds is 5. The molecule has 4 heterocycles. The number of carbonyl (C=O) groups is 1. The third kappa shape index (κ3) is 4.21. The van der Waals surface area contributed by atoms with Crippen molar-refractivity contribution < 1.29 is 18.0 Å². The average Bonchev–Trinajstić information content (AvgIpc) is 3.37. The number of halogens is 3. The zero-order valence-corrected chi connectivity index (χ0v) is 21.0. The summed E-state index contributed by atoms with van der Waals surface area (Å²) in [4.78, 5) is 35.0. The van der Waals surface area contributed by atoms with E-state index in [0.717, 1.165) is 39.1 Å². The number of nitrogens with zero attached hydrogens (tertiary/aromatic N) is 6. The van der Waals surface area contributed by atoms with Crippen LogP contribution in [-0.4, -0.2) is 47.0 Å². The lowest BCUT2D eigenvalue weighted by Gasteiger charge is -2.17. The second-order valence-electron chi connectivity index (χ2n) is 9.23. The van der Waals surface area contributed by atoms with E-state index in [4.69, 9.17) is 0 Å². The molecule has 5 rings (SSSR count). The number of amides is 1. The topological polar surface area (TPSA) is 99.6 Å². The van der Waals surface area contributed by atoms with Crippen LogP contribution in [0.1, 0.15) is 18.1 Å². The standard InChI is InChI=1S/C26H24F3N7O2/c1-14-6-5-7-20-23(14)36(25(38)35(20)13-22(37)33-16(3)26(27,28)29)24-15(2)8-17(9-31-24)18-10-30-12-21-19(18)11-32-34(21)4/h5-12,16H,13H2,1-4H3,(H,33,37)/t16-/m1/s1. The molecule has 38 heavy (non-hydrogen) atoms. The highest BCUT2D eigenvalue weighted by atomic mass is 19.4. The number of alkyl halides is 3. The molecule has 0 aliphatic carbocycles. The first kappa shape index (κ1) is 25.2. The lowest BCUT2D eigenvalue weighted by molar-refractivity contribution is -0.158. The van der Waals surface area contributed by atoms with E-state index in [0.29, 0.717) is 22.4 Å². The molecule has 0 aliphatic rings. The van der Waals surface area contributed by atoms with E-state index >= 15 is 0 Å². The van der Waals surface area contributed by atoms with Gasteiger partial charge < -0.3 is 5.32 Å². The number of aryl methyl sites for hydroxylation is 3. The minimum atomic E-state index is -4.59. The largest absolute Gasteiger partial charge is 0.408 e. The smallest absolute Gasteiger partial charge is 0.343 e. The SMILES string of the molecule is Cc1cc(-c2cncc3c2cnn3C)cnc1-n1c(=O)n(CC(=O)N[C@H](C)C(F)(F)F)c2cccc(C)c21. The van der Waals surface area contributed by atoms with Crippen LogP contribution in [0.5, 0.6) is 0 Å². The average molecular weight is 524 g/mol. The Labute approximate surface area is 214 Å². The first-order valence-electron chi connectivity index (χ1n) is 11.8. The highest BCUT2D eigenvalue weighted by Crippen LogP contribution is 2.29. The maximum absolute atomic E-state index is 13.6. The summed E-state index contributed by atoms with van der Waals surface area (Å²) in [5, 5.41) is 7.11. The van der Waals surface area contributed by atoms with Crippen LogP contribution in [0.2, 0.25) is 0 Å². The zero-order valence-electron chi connectivity index (χ0n) is 21.0. The molecule has 0 spiro atoms. The van der Waals surface area contributed by atoms with Crippen LogP contribution in [0.4, 0.5) is 13.2 Å². The molecular formula is C26H24F3N7O2. The van der Waals surface area contributed by atoms with E-state index < -0.39 is 30.4 Å². The van der Waals surface area contributed by atoms with Gasteiger partial charge in [-0.25, -0.2) is 14.3 Å². The van der Waals surface area contributed by atoms with Gasteiger partial charge in [0.2, 0.25) is 5.91 Å². The summed E-state index contributed by atoms with van der Waals surface area (Å²) in [6.07, 6.45) is 2.25. The van der Waals surface area contributed by atoms with Gasteiger partial charge in [0.25, 0.3) is 0 Å². The molecule has 1 aromatic carbocycles. The Morgan fingerprint density at radius 3 is 2.55 bits per heavy atom. The fourth-order valence-corrected chi connectivity index (χ4v) is 4.57. The van der Waals surface area contributed by atoms with Gasteiger partial charge in [0, 0.05) is 36.0 Å². The van der Waals surface area contributed by atoms with Gasteiger partial charge in [-0.15, -0.1) is 0 Å². The van der Waals surface area contributed by atoms with E-state index in [1.807, 2.05) is 38.3 Å². The summed E-state index contributed by atoms with van der Waals surface area (Å²) in [5.41, 5.74) is 4.26. The zero-order chi connectivity index (χ0) is 27.4. The quantitative estimate of drug-likeness (QED) is 0.378. The summed E-state index contributed by atoms with van der Waals surface area (Å²) < 4.78 is 43.1. The predicted molar refractivity (Wildman–Crippen MR) is 136 cm³/mol. The van der Waals surface area contributed by atoms with E-state index in [9.17, 15) is 22.8 Å². The van der Waals surface area contributed by atoms with Gasteiger partial charge in [-0.2, -0.15) is 18.3 Å². The molecule has 0 unspecified atom stereocenters. The molecule has 9 nitrogen and oxygen atoms in total. The molecule has 1 amide bonds. The van der Waals surface area contributed by atoms with Crippen LogP contribution in [0.3, 0.4) is 0 Å². The normalized spacial score (nSPS) is 12.8. The van der Waals surface area contributed by atoms with Gasteiger partial charge in [0.15, 0.2) is 0 Å². The van der Waals surface area contributed by atoms with Gasteiger partial charge in [-0.05, 0) is 44.0 Å². The number of benzene rings is 1. The minimum absolute atomic E-state index is 0.354. The van der Waals surface area contributed by atoms with Crippen molar-refractivity contribution in [3.8, 4) is 16.9 Å². The molecule has 5 aromatic rings. The van der Waals surface area contributed by atoms with Crippen molar-refractivity contribution >= 4 is 27.8 Å². The second-order valence-corrected chi connectivity index (χ2v) is 9.23. The number of pyridine rings is 2. The molecule has 4 aromatic heterocycles. The van der Waals surface area contributed by atoms with Crippen LogP contribution in [0.15, 0.2) is 53.8 Å². The van der Waals surface area contributed by atoms with Crippen molar-refractivity contribution in [1.82, 2.24) is 34.2 Å². The van der Waals surface area contributed by atoms with Gasteiger partial charge in [-0.1, -0.05) is 12.1 Å². The van der Waals surface area contributed by atoms with Gasteiger partial charge in [-0.3, -0.25) is 19.0 Å². The number of aromatic nitrogens is 6. The van der Waals surface area contributed by atoms with Crippen LogP contribution in [0.25, 0.3) is 38.9 Å². The third-order valence-electron chi connectivity index (χ3n) is 6.57. The van der Waals surface area contributed by atoms with Crippen molar-refractivity contribution in [2.75, 3.05) is 0 Å². The molecule has 0 saturated carbocycles. The minimum Gasteiger partial charge on any atom is -0.343 e. The highest BCUT2D eigenvalue weighted by Gasteiger charge is 2.37. The summed E-state index contributed by atoms with van der Waals surface area (Å²) in [7, 11) is 1.83. The molecule has 0 radical (unpaired) electrons. The maximum Gasteiger partial charge on any atom is 0.408 e. The summed E-state index contributed by atoms with van der Waals surface area (Å²) in [5.74, 6) is -0.568. The lowest BCUT2D eigenvalue weighted by Crippen LogP contribution is -2.45. The second kappa shape index (κ2) is 9.12. The van der Waals surface area contributed by atoms with Crippen LogP contribution in [0, 0.1) is 13.8 Å². The molecule has 1 N–H and O–H groups in total. The molecule has 0 saturated heterocycles. The number of imidazole rings is 1. The molecule has 12 heteroatoms. The first-order valence-corrected chi connectivity index (χ1v) is 11.8. The van der Waals surface area contributed by atoms with E-state index in [-0.39, 0.29) is 0 Å². The molecule has 0 bridgehead atoms. The molecular weight excluding hydrogens is 499 g/mol. The van der Waals surface area contributed by atoms with E-state index in [1.54, 1.807) is 41.6 Å². The number of nitrogens with one attached hydrogen (secondary N) is 1. The van der Waals surface area contributed by atoms with Crippen molar-refractivity contribution in [3.63, 3.8) is 0 Å². The number of para-hydroxylation sites is 1. The summed E-state index contributed by atoms with van der Waals surface area (Å²) >= 11 is 0. The Morgan fingerprint density at radius 2 is 1.84 bits per heavy atom. The van der Waals surface area contributed by atoms with Crippen LogP contribution in [-0.2, 0) is 18.4 Å². The summed E-state index contributed by atoms with van der Waals surface area (Å²) in [6.45, 7) is 3.91. The third-order valence-corrected chi connectivity index (χ3v) is 6.57. The Kier molecular flexibility index (Phi) is 6.04. The highest BCUT2D eigenvalue weighted by molar-refractivity contribution is 5.93. The van der Waals surface area contributed by atoms with E-state index in [1.165, 1.54) is 4.57 Å². The molecule has 196 valence electrons. The van der Waals surface area contributed by atoms with Crippen molar-refractivity contribution in [2.45, 2.75) is 39.5 Å². The lowest BCUT2D eigenvalue weighted by atomic mass is 10.0. The predicted octanol–water partition coefficient (Wildman–Crippen LogP) is 3.82. The first-order chi connectivity index (χ1) is 18.0. The molecule has 0 aliphatic heterocycles. The number of carbonyl (C=O) groups excluding carboxylic acids is 1. The van der Waals surface area contributed by atoms with E-state index in [2.05, 4.69) is 15.1 Å². The number of fused-ring (bicyclic) bond motifs is 2. The number of hydrogen-bond acceptors (Lipinski definition) is 5. The number of hydrogen-bond donors (Lipinski definition) is 1. The van der Waals surface area contributed by atoms with Gasteiger partial charge in [0.1, 0.15) is 18.4 Å². The Bertz CT molecular complexity index is 1760. The van der Waals surface area contributed by atoms with Crippen LogP contribution < -0.4 is 11.0 Å². The van der Waals surface area contributed by atoms with Gasteiger partial charge in [0.05, 0.1) is 28.9 Å². The Hall–Kier alpha value is -4.48. The van der Waals surface area contributed by atoms with Gasteiger partial charge >= 0.3 is 11.9 Å². The Morgan fingerprint density at radius 1 is 1.08 bits per heavy atom.